The van der Waals surface area contributed by atoms with Gasteiger partial charge in [-0.05, 0) is 12.8 Å². The number of nitrogen functional groups attached to an aromatic ring is 1. The molecule has 5 heteroatoms. The van der Waals surface area contributed by atoms with Gasteiger partial charge >= 0.3 is 0 Å². The van der Waals surface area contributed by atoms with E-state index in [1.165, 1.54) is 0 Å². The van der Waals surface area contributed by atoms with E-state index in [1.807, 2.05) is 0 Å². The summed E-state index contributed by atoms with van der Waals surface area (Å²) in [6.45, 7) is 0. The van der Waals surface area contributed by atoms with E-state index >= 15 is 0 Å². The maximum Gasteiger partial charge on any atom is 0.188 e. The molecule has 4 nitrogen and oxygen atoms in total. The molecule has 0 radical (unpaired) electrons. The Hall–Kier alpha value is -1.10. The Kier molecular flexibility index (Phi) is 1.95. The third-order valence-corrected chi connectivity index (χ3v) is 2.59. The summed E-state index contributed by atoms with van der Waals surface area (Å²) >= 11 is 0. The van der Waals surface area contributed by atoms with Crippen LogP contribution in [-0.2, 0) is 4.74 Å². The highest BCUT2D eigenvalue weighted by Crippen LogP contribution is 2.39. The van der Waals surface area contributed by atoms with Crippen LogP contribution >= 0.6 is 0 Å². The van der Waals surface area contributed by atoms with Gasteiger partial charge in [0.1, 0.15) is 0 Å². The number of nitrogens with zero attached hydrogens (tertiary/aromatic N) is 1. The molecule has 0 aliphatic heterocycles. The molecule has 0 aromatic carbocycles. The number of H-pyrrole nitrogens is 1. The van der Waals surface area contributed by atoms with E-state index in [1.54, 1.807) is 7.11 Å². The first-order valence-corrected chi connectivity index (χ1v) is 4.24. The summed E-state index contributed by atoms with van der Waals surface area (Å²) in [6, 6.07) is 0. The number of hydrogen-bond donors (Lipinski definition) is 2. The highest BCUT2D eigenvalue weighted by molar-refractivity contribution is 5.34. The van der Waals surface area contributed by atoms with Crippen molar-refractivity contribution in [2.45, 2.75) is 24.9 Å². The fraction of sp³-hybridized carbons (Fsp3) is 0.625. The average molecular weight is 185 g/mol. The molecular formula is C8H12FN3O. The zero-order valence-electron chi connectivity index (χ0n) is 7.38. The first kappa shape index (κ1) is 8.50. The van der Waals surface area contributed by atoms with Crippen LogP contribution in [0.4, 0.5) is 10.2 Å². The van der Waals surface area contributed by atoms with Crippen LogP contribution in [0.3, 0.4) is 0 Å². The summed E-state index contributed by atoms with van der Waals surface area (Å²) in [6.07, 6.45) is 1.94. The Labute approximate surface area is 75.3 Å². The lowest BCUT2D eigenvalue weighted by molar-refractivity contribution is 0.0239. The van der Waals surface area contributed by atoms with E-state index in [-0.39, 0.29) is 17.8 Å². The van der Waals surface area contributed by atoms with Crippen LogP contribution in [0.15, 0.2) is 0 Å². The number of aromatic amines is 1. The van der Waals surface area contributed by atoms with E-state index in [0.717, 1.165) is 12.8 Å². The molecule has 0 saturated heterocycles. The Morgan fingerprint density at radius 2 is 2.31 bits per heavy atom. The van der Waals surface area contributed by atoms with Gasteiger partial charge in [-0.2, -0.15) is 5.10 Å². The molecular weight excluding hydrogens is 173 g/mol. The minimum atomic E-state index is -0.403. The Bertz CT molecular complexity index is 306. The molecule has 0 atom stereocenters. The first-order chi connectivity index (χ1) is 6.22. The smallest absolute Gasteiger partial charge is 0.188 e. The van der Waals surface area contributed by atoms with Crippen LogP contribution in [0.25, 0.3) is 0 Å². The largest absolute Gasteiger partial charge is 0.381 e. The minimum absolute atomic E-state index is 0.0455. The van der Waals surface area contributed by atoms with Crippen molar-refractivity contribution < 1.29 is 9.13 Å². The van der Waals surface area contributed by atoms with E-state index in [4.69, 9.17) is 10.5 Å². The molecule has 0 bridgehead atoms. The van der Waals surface area contributed by atoms with E-state index in [2.05, 4.69) is 10.2 Å². The number of ether oxygens (including phenoxy) is 1. The molecule has 1 aromatic rings. The molecule has 0 spiro atoms. The Morgan fingerprint density at radius 1 is 1.62 bits per heavy atom. The van der Waals surface area contributed by atoms with Crippen molar-refractivity contribution in [2.24, 2.45) is 0 Å². The third-order valence-electron chi connectivity index (χ3n) is 2.59. The van der Waals surface area contributed by atoms with Gasteiger partial charge in [0.2, 0.25) is 0 Å². The molecule has 13 heavy (non-hydrogen) atoms. The van der Waals surface area contributed by atoms with Crippen molar-refractivity contribution in [1.82, 2.24) is 10.2 Å². The van der Waals surface area contributed by atoms with Crippen molar-refractivity contribution in [3.63, 3.8) is 0 Å². The molecule has 1 aliphatic carbocycles. The van der Waals surface area contributed by atoms with Gasteiger partial charge < -0.3 is 10.5 Å². The van der Waals surface area contributed by atoms with Crippen LogP contribution in [0.5, 0.6) is 0 Å². The predicted molar refractivity (Wildman–Crippen MR) is 45.7 cm³/mol. The maximum absolute atomic E-state index is 13.2. The monoisotopic (exact) mass is 185 g/mol. The van der Waals surface area contributed by atoms with E-state index in [0.29, 0.717) is 5.69 Å². The number of methoxy groups -OCH3 is 1. The number of nitrogens with one attached hydrogen (secondary N) is 1. The molecule has 1 heterocycles. The van der Waals surface area contributed by atoms with Crippen LogP contribution in [-0.4, -0.2) is 23.4 Å². The molecule has 1 fully saturated rings. The molecule has 0 amide bonds. The topological polar surface area (TPSA) is 63.9 Å². The van der Waals surface area contributed by atoms with Crippen molar-refractivity contribution in [3.8, 4) is 0 Å². The quantitative estimate of drug-likeness (QED) is 0.723. The summed E-state index contributed by atoms with van der Waals surface area (Å²) < 4.78 is 18.3. The molecule has 72 valence electrons. The van der Waals surface area contributed by atoms with Gasteiger partial charge in [0.05, 0.1) is 11.8 Å². The molecule has 2 rings (SSSR count). The van der Waals surface area contributed by atoms with Gasteiger partial charge in [-0.3, -0.25) is 5.10 Å². The van der Waals surface area contributed by atoms with Gasteiger partial charge in [-0.1, -0.05) is 0 Å². The summed E-state index contributed by atoms with van der Waals surface area (Å²) in [5.74, 6) is -0.259. The fourth-order valence-electron chi connectivity index (χ4n) is 1.62. The van der Waals surface area contributed by atoms with Crippen LogP contribution in [0, 0.1) is 5.82 Å². The molecule has 1 aromatic heterocycles. The highest BCUT2D eigenvalue weighted by atomic mass is 19.1. The van der Waals surface area contributed by atoms with Crippen molar-refractivity contribution >= 4 is 5.82 Å². The summed E-state index contributed by atoms with van der Waals surface area (Å²) in [5, 5.41) is 6.22. The van der Waals surface area contributed by atoms with Gasteiger partial charge in [0.25, 0.3) is 0 Å². The SMILES string of the molecule is COC1CC(c2[nH]nc(N)c2F)C1. The number of aromatic nitrogens is 2. The fourth-order valence-corrected chi connectivity index (χ4v) is 1.62. The molecule has 1 saturated carbocycles. The van der Waals surface area contributed by atoms with Gasteiger partial charge in [0, 0.05) is 13.0 Å². The van der Waals surface area contributed by atoms with E-state index in [9.17, 15) is 4.39 Å². The summed E-state index contributed by atoms with van der Waals surface area (Å²) in [7, 11) is 1.67. The van der Waals surface area contributed by atoms with Gasteiger partial charge in [0.15, 0.2) is 11.6 Å². The maximum atomic E-state index is 13.2. The van der Waals surface area contributed by atoms with Crippen molar-refractivity contribution in [1.29, 1.82) is 0 Å². The summed E-state index contributed by atoms with van der Waals surface area (Å²) in [4.78, 5) is 0. The van der Waals surface area contributed by atoms with Crippen LogP contribution in [0.2, 0.25) is 0 Å². The number of halogens is 1. The number of nitrogens with two attached hydrogens (primary N) is 1. The minimum Gasteiger partial charge on any atom is -0.381 e. The number of anilines is 1. The third kappa shape index (κ3) is 1.29. The number of rotatable bonds is 2. The lowest BCUT2D eigenvalue weighted by Gasteiger charge is -2.33. The van der Waals surface area contributed by atoms with E-state index < -0.39 is 5.82 Å². The zero-order valence-corrected chi connectivity index (χ0v) is 7.38. The standard InChI is InChI=1S/C8H12FN3O/c1-13-5-2-4(3-5)7-6(9)8(10)12-11-7/h4-5H,2-3H2,1H3,(H3,10,11,12). The summed E-state index contributed by atoms with van der Waals surface area (Å²) in [5.41, 5.74) is 5.80. The van der Waals surface area contributed by atoms with Gasteiger partial charge in [-0.15, -0.1) is 0 Å². The second-order valence-electron chi connectivity index (χ2n) is 3.36. The average Bonchev–Trinajstić information content (AvgIpc) is 2.34. The Morgan fingerprint density at radius 3 is 2.77 bits per heavy atom. The molecule has 0 unspecified atom stereocenters. The number of hydrogen-bond acceptors (Lipinski definition) is 3. The first-order valence-electron chi connectivity index (χ1n) is 4.24. The van der Waals surface area contributed by atoms with Crippen molar-refractivity contribution in [2.75, 3.05) is 12.8 Å². The lowest BCUT2D eigenvalue weighted by atomic mass is 9.80. The normalized spacial score (nSPS) is 27.2. The second-order valence-corrected chi connectivity index (χ2v) is 3.36. The zero-order chi connectivity index (χ0) is 9.42. The highest BCUT2D eigenvalue weighted by Gasteiger charge is 2.33. The lowest BCUT2D eigenvalue weighted by Crippen LogP contribution is -2.29. The second kappa shape index (κ2) is 2.99. The van der Waals surface area contributed by atoms with Crippen molar-refractivity contribution in [3.05, 3.63) is 11.5 Å². The molecule has 3 N–H and O–H groups in total. The predicted octanol–water partition coefficient (Wildman–Crippen LogP) is 1.02. The van der Waals surface area contributed by atoms with Gasteiger partial charge in [-0.25, -0.2) is 4.39 Å². The van der Waals surface area contributed by atoms with Crippen LogP contribution < -0.4 is 5.73 Å². The Balaban J connectivity index is 2.07. The molecule has 1 aliphatic rings. The van der Waals surface area contributed by atoms with Crippen LogP contribution in [0.1, 0.15) is 24.5 Å².